The number of quaternary nitrogens is 1. The molecule has 0 aromatic rings. The second-order valence-corrected chi connectivity index (χ2v) is 9.89. The summed E-state index contributed by atoms with van der Waals surface area (Å²) in [6.45, 7) is 15.2. The Kier molecular flexibility index (Phi) is 22.6. The number of rotatable bonds is 24. The maximum absolute atomic E-state index is 2.38. The molecule has 0 rings (SSSR count). The molecule has 0 aliphatic carbocycles. The van der Waals surface area contributed by atoms with Gasteiger partial charge >= 0.3 is 0 Å². The first kappa shape index (κ1) is 29.0. The van der Waals surface area contributed by atoms with E-state index in [4.69, 9.17) is 0 Å². The molecule has 0 fully saturated rings. The zero-order chi connectivity index (χ0) is 21.5. The first-order valence-corrected chi connectivity index (χ1v) is 14.1. The molecule has 0 amide bonds. The standard InChI is InChI=1S/C28H60N/c1-5-9-13-16-19-22-26-29(25-12-8-4,27-23-20-17-14-10-6-2)28-24-21-18-15-11-7-3/h5-28H2,1-4H3/q+1. The van der Waals surface area contributed by atoms with Gasteiger partial charge in [0.2, 0.25) is 0 Å². The Hall–Kier alpha value is -0.0400. The van der Waals surface area contributed by atoms with Gasteiger partial charge in [-0.1, -0.05) is 111 Å². The molecule has 0 aromatic carbocycles. The summed E-state index contributed by atoms with van der Waals surface area (Å²) in [7, 11) is 0. The van der Waals surface area contributed by atoms with Gasteiger partial charge in [-0.2, -0.15) is 0 Å². The van der Waals surface area contributed by atoms with E-state index in [1.165, 1.54) is 159 Å². The van der Waals surface area contributed by atoms with Gasteiger partial charge in [0.15, 0.2) is 0 Å². The van der Waals surface area contributed by atoms with Crippen LogP contribution in [0.2, 0.25) is 0 Å². The number of nitrogens with zero attached hydrogens (tertiary/aromatic N) is 1. The van der Waals surface area contributed by atoms with E-state index in [-0.39, 0.29) is 0 Å². The second kappa shape index (κ2) is 22.6. The van der Waals surface area contributed by atoms with Crippen molar-refractivity contribution in [2.75, 3.05) is 26.2 Å². The molecule has 0 aliphatic heterocycles. The lowest BCUT2D eigenvalue weighted by molar-refractivity contribution is -0.929. The third-order valence-corrected chi connectivity index (χ3v) is 6.94. The van der Waals surface area contributed by atoms with Crippen LogP contribution in [0.15, 0.2) is 0 Å². The Morgan fingerprint density at radius 1 is 0.276 bits per heavy atom. The highest BCUT2D eigenvalue weighted by atomic mass is 15.3. The van der Waals surface area contributed by atoms with Crippen LogP contribution < -0.4 is 0 Å². The van der Waals surface area contributed by atoms with Crippen molar-refractivity contribution < 1.29 is 4.48 Å². The summed E-state index contributed by atoms with van der Waals surface area (Å²) < 4.78 is 1.46. The predicted molar refractivity (Wildman–Crippen MR) is 135 cm³/mol. The molecule has 0 radical (unpaired) electrons. The molecule has 0 N–H and O–H groups in total. The summed E-state index contributed by atoms with van der Waals surface area (Å²) in [5.74, 6) is 0. The van der Waals surface area contributed by atoms with Gasteiger partial charge in [0.05, 0.1) is 26.2 Å². The van der Waals surface area contributed by atoms with Crippen LogP contribution in [0.25, 0.3) is 0 Å². The van der Waals surface area contributed by atoms with Crippen molar-refractivity contribution in [3.63, 3.8) is 0 Å². The molecular formula is C28H60N+. The first-order valence-electron chi connectivity index (χ1n) is 14.1. The Labute approximate surface area is 187 Å². The van der Waals surface area contributed by atoms with Crippen LogP contribution in [0.3, 0.4) is 0 Å². The molecule has 0 aromatic heterocycles. The smallest absolute Gasteiger partial charge is 0.0786 e. The zero-order valence-corrected chi connectivity index (χ0v) is 21.4. The van der Waals surface area contributed by atoms with Crippen LogP contribution in [-0.4, -0.2) is 30.7 Å². The van der Waals surface area contributed by atoms with Crippen LogP contribution in [0.1, 0.15) is 156 Å². The molecule has 0 atom stereocenters. The minimum atomic E-state index is 1.36. The Bertz CT molecular complexity index is 258. The molecule has 0 bridgehead atoms. The zero-order valence-electron chi connectivity index (χ0n) is 21.4. The molecule has 0 saturated heterocycles. The first-order chi connectivity index (χ1) is 14.2. The molecule has 29 heavy (non-hydrogen) atoms. The van der Waals surface area contributed by atoms with Crippen molar-refractivity contribution in [1.29, 1.82) is 0 Å². The molecule has 0 saturated carbocycles. The van der Waals surface area contributed by atoms with Crippen molar-refractivity contribution in [1.82, 2.24) is 0 Å². The lowest BCUT2D eigenvalue weighted by atomic mass is 10.1. The largest absolute Gasteiger partial charge is 0.324 e. The SMILES string of the molecule is CCCCCCCC[N+](CCCC)(CCCCCCCC)CCCCCCCC. The minimum absolute atomic E-state index is 1.36. The van der Waals surface area contributed by atoms with Crippen LogP contribution >= 0.6 is 0 Å². The van der Waals surface area contributed by atoms with Crippen LogP contribution in [0.5, 0.6) is 0 Å². The third kappa shape index (κ3) is 18.4. The highest BCUT2D eigenvalue weighted by Gasteiger charge is 2.25. The summed E-state index contributed by atoms with van der Waals surface area (Å²) in [4.78, 5) is 0. The number of unbranched alkanes of at least 4 members (excludes halogenated alkanes) is 16. The van der Waals surface area contributed by atoms with Gasteiger partial charge in [-0.15, -0.1) is 0 Å². The highest BCUT2D eigenvalue weighted by molar-refractivity contribution is 4.54. The van der Waals surface area contributed by atoms with E-state index in [2.05, 4.69) is 27.7 Å². The van der Waals surface area contributed by atoms with Gasteiger partial charge < -0.3 is 4.48 Å². The topological polar surface area (TPSA) is 0 Å². The van der Waals surface area contributed by atoms with Crippen LogP contribution in [0.4, 0.5) is 0 Å². The van der Waals surface area contributed by atoms with Gasteiger partial charge in [-0.3, -0.25) is 0 Å². The molecule has 1 nitrogen and oxygen atoms in total. The summed E-state index contributed by atoms with van der Waals surface area (Å²) in [6.07, 6.45) is 28.8. The molecule has 0 aliphatic rings. The van der Waals surface area contributed by atoms with Gasteiger partial charge in [-0.05, 0) is 44.9 Å². The van der Waals surface area contributed by atoms with E-state index in [1.807, 2.05) is 0 Å². The summed E-state index contributed by atoms with van der Waals surface area (Å²) in [5, 5.41) is 0. The van der Waals surface area contributed by atoms with E-state index < -0.39 is 0 Å². The monoisotopic (exact) mass is 410 g/mol. The van der Waals surface area contributed by atoms with E-state index >= 15 is 0 Å². The van der Waals surface area contributed by atoms with Crippen molar-refractivity contribution in [3.8, 4) is 0 Å². The Balaban J connectivity index is 4.52. The van der Waals surface area contributed by atoms with Crippen LogP contribution in [0, 0.1) is 0 Å². The summed E-state index contributed by atoms with van der Waals surface area (Å²) in [6, 6.07) is 0. The van der Waals surface area contributed by atoms with Crippen molar-refractivity contribution in [2.45, 2.75) is 156 Å². The van der Waals surface area contributed by atoms with Gasteiger partial charge in [0.25, 0.3) is 0 Å². The Morgan fingerprint density at radius 3 is 0.828 bits per heavy atom. The average Bonchev–Trinajstić information content (AvgIpc) is 2.74. The maximum atomic E-state index is 2.38. The van der Waals surface area contributed by atoms with Crippen LogP contribution in [-0.2, 0) is 0 Å². The van der Waals surface area contributed by atoms with Gasteiger partial charge in [0, 0.05) is 0 Å². The predicted octanol–water partition coefficient (Wildman–Crippen LogP) is 9.68. The maximum Gasteiger partial charge on any atom is 0.0786 e. The van der Waals surface area contributed by atoms with E-state index in [0.29, 0.717) is 0 Å². The minimum Gasteiger partial charge on any atom is -0.324 e. The highest BCUT2D eigenvalue weighted by Crippen LogP contribution is 2.19. The van der Waals surface area contributed by atoms with E-state index in [9.17, 15) is 0 Å². The van der Waals surface area contributed by atoms with Gasteiger partial charge in [0.1, 0.15) is 0 Å². The quantitative estimate of drug-likeness (QED) is 0.110. The Morgan fingerprint density at radius 2 is 0.517 bits per heavy atom. The molecule has 0 spiro atoms. The number of hydrogen-bond acceptors (Lipinski definition) is 0. The van der Waals surface area contributed by atoms with Gasteiger partial charge in [-0.25, -0.2) is 0 Å². The second-order valence-electron chi connectivity index (χ2n) is 9.89. The number of hydrogen-bond donors (Lipinski definition) is 0. The van der Waals surface area contributed by atoms with Crippen molar-refractivity contribution in [3.05, 3.63) is 0 Å². The average molecular weight is 411 g/mol. The molecule has 0 unspecified atom stereocenters. The molecule has 0 heterocycles. The van der Waals surface area contributed by atoms with E-state index in [1.54, 1.807) is 0 Å². The van der Waals surface area contributed by atoms with Crippen molar-refractivity contribution in [2.24, 2.45) is 0 Å². The molecular weight excluding hydrogens is 350 g/mol. The molecule has 176 valence electrons. The summed E-state index contributed by atoms with van der Waals surface area (Å²) >= 11 is 0. The summed E-state index contributed by atoms with van der Waals surface area (Å²) in [5.41, 5.74) is 0. The lowest BCUT2D eigenvalue weighted by Gasteiger charge is -2.39. The normalized spacial score (nSPS) is 12.0. The fourth-order valence-corrected chi connectivity index (χ4v) is 4.85. The lowest BCUT2D eigenvalue weighted by Crippen LogP contribution is -2.50. The van der Waals surface area contributed by atoms with Crippen molar-refractivity contribution >= 4 is 0 Å². The third-order valence-electron chi connectivity index (χ3n) is 6.94. The molecule has 1 heteroatoms. The fraction of sp³-hybridized carbons (Fsp3) is 1.00. The van der Waals surface area contributed by atoms with E-state index in [0.717, 1.165) is 0 Å². The fourth-order valence-electron chi connectivity index (χ4n) is 4.85.